The molecule has 3 aliphatic heterocycles. The van der Waals surface area contributed by atoms with E-state index in [4.69, 9.17) is 9.47 Å². The van der Waals surface area contributed by atoms with Gasteiger partial charge in [0.2, 0.25) is 5.91 Å². The Balaban J connectivity index is 1.40. The molecule has 1 saturated heterocycles. The molecule has 0 radical (unpaired) electrons. The third-order valence-corrected chi connectivity index (χ3v) is 10.1. The summed E-state index contributed by atoms with van der Waals surface area (Å²) in [5.41, 5.74) is 3.43. The summed E-state index contributed by atoms with van der Waals surface area (Å²) in [5, 5.41) is 10.3. The molecule has 3 aliphatic rings. The van der Waals surface area contributed by atoms with Gasteiger partial charge in [-0.15, -0.1) is 0 Å². The number of nitrogens with zero attached hydrogens (tertiary/aromatic N) is 2. The summed E-state index contributed by atoms with van der Waals surface area (Å²) in [6, 6.07) is 23.7. The summed E-state index contributed by atoms with van der Waals surface area (Å²) < 4.78 is 12.4. The average molecular weight is 569 g/mol. The van der Waals surface area contributed by atoms with Gasteiger partial charge in [0.05, 0.1) is 38.0 Å². The fourth-order valence-electron chi connectivity index (χ4n) is 7.91. The Bertz CT molecular complexity index is 1500. The maximum absolute atomic E-state index is 14.2. The number of fused-ring (bicyclic) bond motifs is 3. The summed E-state index contributed by atoms with van der Waals surface area (Å²) in [5.74, 6) is 0.224. The van der Waals surface area contributed by atoms with Gasteiger partial charge in [-0.05, 0) is 46.7 Å². The lowest BCUT2D eigenvalue weighted by atomic mass is 9.63. The molecule has 7 heteroatoms. The zero-order chi connectivity index (χ0) is 29.8. The number of carbonyl (C=O) groups excluding carboxylic acids is 2. The molecular formula is C35H40N2O5. The minimum Gasteiger partial charge on any atom is -0.497 e. The molecule has 3 heterocycles. The van der Waals surface area contributed by atoms with Crippen molar-refractivity contribution in [3.05, 3.63) is 95.1 Å². The van der Waals surface area contributed by atoms with Crippen molar-refractivity contribution in [3.63, 3.8) is 0 Å². The van der Waals surface area contributed by atoms with Gasteiger partial charge in [-0.2, -0.15) is 0 Å². The Kier molecular flexibility index (Phi) is 7.14. The molecule has 1 N–H and O–H groups in total. The number of benzene rings is 3. The number of aliphatic hydroxyl groups is 1. The van der Waals surface area contributed by atoms with Crippen molar-refractivity contribution in [3.8, 4) is 5.75 Å². The van der Waals surface area contributed by atoms with Crippen molar-refractivity contribution in [1.82, 2.24) is 4.90 Å². The van der Waals surface area contributed by atoms with Crippen LogP contribution in [-0.2, 0) is 38.3 Å². The van der Waals surface area contributed by atoms with E-state index in [1.165, 1.54) is 5.56 Å². The molecule has 2 amide bonds. The number of likely N-dealkylation sites (N-methyl/N-ethyl adjacent to an activating group) is 1. The molecule has 5 atom stereocenters. The van der Waals surface area contributed by atoms with Crippen LogP contribution in [0.5, 0.6) is 5.75 Å². The van der Waals surface area contributed by atoms with Gasteiger partial charge in [-0.3, -0.25) is 9.59 Å². The third-order valence-electron chi connectivity index (χ3n) is 10.1. The van der Waals surface area contributed by atoms with Gasteiger partial charge in [0, 0.05) is 31.0 Å². The van der Waals surface area contributed by atoms with Crippen LogP contribution in [0.15, 0.2) is 72.8 Å². The largest absolute Gasteiger partial charge is 0.497 e. The van der Waals surface area contributed by atoms with Crippen molar-refractivity contribution < 1.29 is 24.2 Å². The normalized spacial score (nSPS) is 26.9. The van der Waals surface area contributed by atoms with Crippen LogP contribution in [0.3, 0.4) is 0 Å². The molecule has 0 unspecified atom stereocenters. The molecule has 7 nitrogen and oxygen atoms in total. The quantitative estimate of drug-likeness (QED) is 0.461. The van der Waals surface area contributed by atoms with Gasteiger partial charge < -0.3 is 24.4 Å². The van der Waals surface area contributed by atoms with Gasteiger partial charge in [0.1, 0.15) is 5.75 Å². The van der Waals surface area contributed by atoms with Gasteiger partial charge in [0.25, 0.3) is 5.91 Å². The maximum Gasteiger partial charge on any atom is 0.264 e. The second-order valence-electron chi connectivity index (χ2n) is 12.6. The van der Waals surface area contributed by atoms with Crippen LogP contribution < -0.4 is 9.64 Å². The van der Waals surface area contributed by atoms with E-state index in [2.05, 4.69) is 39.0 Å². The molecule has 6 rings (SSSR count). The van der Waals surface area contributed by atoms with Crippen LogP contribution >= 0.6 is 0 Å². The van der Waals surface area contributed by atoms with Gasteiger partial charge in [-0.1, -0.05) is 75.4 Å². The first-order chi connectivity index (χ1) is 20.1. The van der Waals surface area contributed by atoms with Gasteiger partial charge in [-0.25, -0.2) is 0 Å². The highest BCUT2D eigenvalue weighted by molar-refractivity contribution is 6.07. The number of anilines is 1. The van der Waals surface area contributed by atoms with Crippen molar-refractivity contribution in [2.24, 2.45) is 11.8 Å². The monoisotopic (exact) mass is 568 g/mol. The first-order valence-electron chi connectivity index (χ1n) is 14.8. The number of carbonyl (C=O) groups is 2. The SMILES string of the molecule is COc1ccc(C(C)(C)[C@@H]2[C@@H](CC(=O)N3Cc4ccccc4C[C@H]3CO)O[C@]3(C(=O)N(C)c4ccccc43)[C@H]2C)cc1. The van der Waals surface area contributed by atoms with E-state index in [0.717, 1.165) is 28.1 Å². The lowest BCUT2D eigenvalue weighted by Gasteiger charge is -2.40. The van der Waals surface area contributed by atoms with Gasteiger partial charge >= 0.3 is 0 Å². The minimum absolute atomic E-state index is 0.0691. The first kappa shape index (κ1) is 28.4. The molecule has 42 heavy (non-hydrogen) atoms. The Morgan fingerprint density at radius 2 is 1.71 bits per heavy atom. The zero-order valence-corrected chi connectivity index (χ0v) is 25.0. The molecule has 0 bridgehead atoms. The van der Waals surface area contributed by atoms with E-state index in [0.29, 0.717) is 13.0 Å². The van der Waals surface area contributed by atoms with Crippen molar-refractivity contribution in [1.29, 1.82) is 0 Å². The standard InChI is InChI=1S/C35H40N2O5/c1-22-32(34(2,3)25-14-16-27(41-5)17-15-25)30(42-35(22)28-12-8-9-13-29(28)36(4)33(35)40)19-31(39)37-20-24-11-7-6-10-23(24)18-26(37)21-38/h6-17,22,26,30,32,38H,18-21H2,1-5H3/t22-,26-,30+,32-,35+/m0/s1. The molecule has 220 valence electrons. The molecule has 3 aromatic carbocycles. The maximum atomic E-state index is 14.2. The smallest absolute Gasteiger partial charge is 0.264 e. The van der Waals surface area contributed by atoms with E-state index in [-0.39, 0.29) is 42.7 Å². The summed E-state index contributed by atoms with van der Waals surface area (Å²) in [7, 11) is 3.45. The van der Waals surface area contributed by atoms with Crippen LogP contribution in [0.1, 0.15) is 49.4 Å². The number of ether oxygens (including phenoxy) is 2. The average Bonchev–Trinajstić information content (AvgIpc) is 3.42. The van der Waals surface area contributed by atoms with E-state index in [9.17, 15) is 14.7 Å². The van der Waals surface area contributed by atoms with Crippen molar-refractivity contribution in [2.75, 3.05) is 25.7 Å². The van der Waals surface area contributed by atoms with E-state index in [1.54, 1.807) is 24.0 Å². The second kappa shape index (κ2) is 10.5. The molecule has 0 aliphatic carbocycles. The molecular weight excluding hydrogens is 528 g/mol. The first-order valence-corrected chi connectivity index (χ1v) is 14.8. The molecule has 1 spiro atoms. The van der Waals surface area contributed by atoms with Crippen molar-refractivity contribution in [2.45, 2.75) is 63.3 Å². The van der Waals surface area contributed by atoms with Crippen molar-refractivity contribution >= 4 is 17.5 Å². The Morgan fingerprint density at radius 3 is 2.40 bits per heavy atom. The summed E-state index contributed by atoms with van der Waals surface area (Å²) in [6.45, 7) is 6.80. The number of hydrogen-bond donors (Lipinski definition) is 1. The number of rotatable bonds is 6. The highest BCUT2D eigenvalue weighted by atomic mass is 16.5. The molecule has 0 aromatic heterocycles. The predicted molar refractivity (Wildman–Crippen MR) is 161 cm³/mol. The van der Waals surface area contributed by atoms with Crippen LogP contribution in [0.25, 0.3) is 0 Å². The van der Waals surface area contributed by atoms with Crippen LogP contribution in [0, 0.1) is 11.8 Å². The number of para-hydroxylation sites is 1. The predicted octanol–water partition coefficient (Wildman–Crippen LogP) is 4.83. The molecule has 1 fully saturated rings. The highest BCUT2D eigenvalue weighted by Gasteiger charge is 2.65. The Morgan fingerprint density at radius 1 is 1.05 bits per heavy atom. The lowest BCUT2D eigenvalue weighted by molar-refractivity contribution is -0.151. The topological polar surface area (TPSA) is 79.3 Å². The number of amides is 2. The zero-order valence-electron chi connectivity index (χ0n) is 25.0. The number of hydrogen-bond acceptors (Lipinski definition) is 5. The highest BCUT2D eigenvalue weighted by Crippen LogP contribution is 2.59. The number of aliphatic hydroxyl groups excluding tert-OH is 1. The Hall–Kier alpha value is -3.68. The summed E-state index contributed by atoms with van der Waals surface area (Å²) in [4.78, 5) is 31.8. The summed E-state index contributed by atoms with van der Waals surface area (Å²) >= 11 is 0. The molecule has 3 aromatic rings. The van der Waals surface area contributed by atoms with Gasteiger partial charge in [0.15, 0.2) is 5.60 Å². The fourth-order valence-corrected chi connectivity index (χ4v) is 7.91. The fraction of sp³-hybridized carbons (Fsp3) is 0.429. The lowest BCUT2D eigenvalue weighted by Crippen LogP contribution is -2.48. The summed E-state index contributed by atoms with van der Waals surface area (Å²) in [6.07, 6.45) is 0.209. The van der Waals surface area contributed by atoms with Crippen LogP contribution in [0.2, 0.25) is 0 Å². The Labute approximate surface area is 248 Å². The second-order valence-corrected chi connectivity index (χ2v) is 12.6. The minimum atomic E-state index is -1.18. The molecule has 0 saturated carbocycles. The third kappa shape index (κ3) is 4.24. The van der Waals surface area contributed by atoms with Crippen LogP contribution in [-0.4, -0.2) is 54.7 Å². The van der Waals surface area contributed by atoms with E-state index >= 15 is 0 Å². The van der Waals surface area contributed by atoms with Crippen LogP contribution in [0.4, 0.5) is 5.69 Å². The number of methoxy groups -OCH3 is 1. The van der Waals surface area contributed by atoms with E-state index < -0.39 is 17.1 Å². The van der Waals surface area contributed by atoms with E-state index in [1.807, 2.05) is 54.6 Å².